The fourth-order valence-electron chi connectivity index (χ4n) is 3.16. The monoisotopic (exact) mass is 460 g/mol. The first-order valence-corrected chi connectivity index (χ1v) is 11.1. The van der Waals surface area contributed by atoms with Gasteiger partial charge in [0.2, 0.25) is 0 Å². The minimum atomic E-state index is -4.93. The summed E-state index contributed by atoms with van der Waals surface area (Å²) < 4.78 is 64.8. The summed E-state index contributed by atoms with van der Waals surface area (Å²) in [6, 6.07) is 6.47. The lowest BCUT2D eigenvalue weighted by Gasteiger charge is -2.21. The average Bonchev–Trinajstić information content (AvgIpc) is 2.63. The molecule has 0 spiro atoms. The molecule has 2 atom stereocenters. The van der Waals surface area contributed by atoms with Crippen molar-refractivity contribution in [1.82, 2.24) is 0 Å². The molecule has 0 saturated heterocycles. The average molecular weight is 460 g/mol. The zero-order valence-corrected chi connectivity index (χ0v) is 17.1. The molecule has 2 aromatic carbocycles. The molecular weight excluding hydrogens is 444 g/mol. The van der Waals surface area contributed by atoms with Crippen LogP contribution in [0.4, 0.5) is 11.4 Å². The van der Waals surface area contributed by atoms with E-state index in [4.69, 9.17) is 0 Å². The topological polar surface area (TPSA) is 195 Å². The lowest BCUT2D eigenvalue weighted by molar-refractivity contribution is -0.389. The van der Waals surface area contributed by atoms with Crippen LogP contribution in [0.15, 0.2) is 46.2 Å². The summed E-state index contributed by atoms with van der Waals surface area (Å²) in [6.07, 6.45) is 0. The Kier molecular flexibility index (Phi) is 6.27. The van der Waals surface area contributed by atoms with Crippen LogP contribution in [-0.4, -0.2) is 35.8 Å². The predicted molar refractivity (Wildman–Crippen MR) is 103 cm³/mol. The van der Waals surface area contributed by atoms with E-state index in [1.54, 1.807) is 0 Å². The number of para-hydroxylation sites is 2. The molecule has 0 radical (unpaired) electrons. The van der Waals surface area contributed by atoms with Gasteiger partial charge in [0.1, 0.15) is 0 Å². The van der Waals surface area contributed by atoms with Gasteiger partial charge >= 0.3 is 20.2 Å². The van der Waals surface area contributed by atoms with Crippen LogP contribution in [0.1, 0.15) is 36.8 Å². The Morgan fingerprint density at radius 2 is 1.03 bits per heavy atom. The van der Waals surface area contributed by atoms with Crippen LogP contribution in [0.2, 0.25) is 0 Å². The van der Waals surface area contributed by atoms with Crippen LogP contribution < -0.4 is 0 Å². The number of hydrogen-bond acceptors (Lipinski definition) is 8. The van der Waals surface area contributed by atoms with Crippen LogP contribution in [-0.2, 0) is 20.2 Å². The molecule has 162 valence electrons. The zero-order chi connectivity index (χ0) is 23.0. The van der Waals surface area contributed by atoms with E-state index >= 15 is 0 Å². The van der Waals surface area contributed by atoms with Crippen molar-refractivity contribution in [2.24, 2.45) is 0 Å². The van der Waals surface area contributed by atoms with Crippen LogP contribution in [0, 0.1) is 20.2 Å². The van der Waals surface area contributed by atoms with E-state index in [-0.39, 0.29) is 11.1 Å². The molecule has 0 aromatic heterocycles. The van der Waals surface area contributed by atoms with Crippen molar-refractivity contribution < 1.29 is 35.8 Å². The van der Waals surface area contributed by atoms with Crippen molar-refractivity contribution in [1.29, 1.82) is 0 Å². The molecule has 0 fully saturated rings. The highest BCUT2D eigenvalue weighted by atomic mass is 32.2. The summed E-state index contributed by atoms with van der Waals surface area (Å²) in [5, 5.41) is 23.0. The van der Waals surface area contributed by atoms with Gasteiger partial charge in [0, 0.05) is 11.1 Å². The fraction of sp³-hybridized carbons (Fsp3) is 0.250. The van der Waals surface area contributed by atoms with Crippen LogP contribution in [0.25, 0.3) is 0 Å². The molecule has 12 nitrogen and oxygen atoms in total. The largest absolute Gasteiger partial charge is 0.301 e. The van der Waals surface area contributed by atoms with Crippen LogP contribution >= 0.6 is 0 Å². The van der Waals surface area contributed by atoms with Crippen molar-refractivity contribution in [2.75, 3.05) is 0 Å². The number of nitro benzene ring substituents is 2. The number of nitrogens with zero attached hydrogens (tertiary/aromatic N) is 2. The third-order valence-electron chi connectivity index (χ3n) is 4.71. The minimum Gasteiger partial charge on any atom is -0.282 e. The molecule has 0 amide bonds. The lowest BCUT2D eigenvalue weighted by Crippen LogP contribution is -2.13. The molecule has 2 unspecified atom stereocenters. The maximum Gasteiger partial charge on any atom is 0.301 e. The smallest absolute Gasteiger partial charge is 0.282 e. The molecular formula is C16H16N2O10S2. The summed E-state index contributed by atoms with van der Waals surface area (Å²) in [4.78, 5) is 19.2. The van der Waals surface area contributed by atoms with Crippen molar-refractivity contribution in [2.45, 2.75) is 35.5 Å². The standard InChI is InChI=1S/C16H16N2O10S2/c1-9(11-5-3-7-13(29(23,24)25)15(11)17(19)20)10(2)12-6-4-8-14(30(26,27)28)16(12)18(21)22/h3-10H,1-2H3,(H,23,24,25)(H,26,27,28). The van der Waals surface area contributed by atoms with E-state index in [0.717, 1.165) is 24.3 Å². The number of hydrogen-bond donors (Lipinski definition) is 2. The van der Waals surface area contributed by atoms with E-state index in [0.29, 0.717) is 0 Å². The van der Waals surface area contributed by atoms with Gasteiger partial charge in [-0.05, 0) is 24.0 Å². The molecule has 0 aliphatic rings. The quantitative estimate of drug-likeness (QED) is 0.352. The summed E-state index contributed by atoms with van der Waals surface area (Å²) in [7, 11) is -9.87. The Morgan fingerprint density at radius 1 is 0.733 bits per heavy atom. The summed E-state index contributed by atoms with van der Waals surface area (Å²) in [6.45, 7) is 2.84. The molecule has 2 N–H and O–H groups in total. The maximum absolute atomic E-state index is 11.5. The number of benzene rings is 2. The van der Waals surface area contributed by atoms with Gasteiger partial charge in [-0.2, -0.15) is 16.8 Å². The van der Waals surface area contributed by atoms with Gasteiger partial charge in [-0.15, -0.1) is 0 Å². The summed E-state index contributed by atoms with van der Waals surface area (Å²) in [5.74, 6) is -1.86. The molecule has 0 heterocycles. The van der Waals surface area contributed by atoms with Gasteiger partial charge < -0.3 is 0 Å². The fourth-order valence-corrected chi connectivity index (χ4v) is 4.53. The third-order valence-corrected chi connectivity index (χ3v) is 6.48. The zero-order valence-electron chi connectivity index (χ0n) is 15.5. The molecule has 30 heavy (non-hydrogen) atoms. The lowest BCUT2D eigenvalue weighted by atomic mass is 9.82. The molecule has 2 rings (SSSR count). The summed E-state index contributed by atoms with van der Waals surface area (Å²) >= 11 is 0. The van der Waals surface area contributed by atoms with Crippen LogP contribution in [0.3, 0.4) is 0 Å². The first-order chi connectivity index (χ1) is 13.7. The minimum absolute atomic E-state index is 0.144. The van der Waals surface area contributed by atoms with E-state index in [9.17, 15) is 46.2 Å². The Bertz CT molecular complexity index is 1140. The number of nitro groups is 2. The highest BCUT2D eigenvalue weighted by molar-refractivity contribution is 7.86. The van der Waals surface area contributed by atoms with E-state index in [1.807, 2.05) is 0 Å². The molecule has 0 saturated carbocycles. The van der Waals surface area contributed by atoms with Gasteiger partial charge in [-0.1, -0.05) is 38.1 Å². The Labute approximate surface area is 171 Å². The SMILES string of the molecule is CC(c1cccc(S(=O)(=O)O)c1[N+](=O)[O-])C(C)c1cccc(S(=O)(=O)O)c1[N+](=O)[O-]. The second kappa shape index (κ2) is 8.06. The molecule has 2 aromatic rings. The molecule has 0 aliphatic heterocycles. The predicted octanol–water partition coefficient (Wildman–Crippen LogP) is 2.90. The Morgan fingerprint density at radius 3 is 1.27 bits per heavy atom. The van der Waals surface area contributed by atoms with Crippen molar-refractivity contribution in [3.8, 4) is 0 Å². The normalized spacial score (nSPS) is 14.1. The highest BCUT2D eigenvalue weighted by Crippen LogP contribution is 2.43. The van der Waals surface area contributed by atoms with E-state index in [1.165, 1.54) is 26.0 Å². The second-order valence-electron chi connectivity index (χ2n) is 6.43. The van der Waals surface area contributed by atoms with Gasteiger partial charge in [-0.25, -0.2) is 0 Å². The maximum atomic E-state index is 11.5. The molecule has 0 bridgehead atoms. The van der Waals surface area contributed by atoms with Crippen molar-refractivity contribution >= 4 is 31.6 Å². The molecule has 0 aliphatic carbocycles. The Balaban J connectivity index is 2.75. The van der Waals surface area contributed by atoms with Crippen LogP contribution in [0.5, 0.6) is 0 Å². The highest BCUT2D eigenvalue weighted by Gasteiger charge is 2.35. The Hall–Kier alpha value is -2.94. The van der Waals surface area contributed by atoms with Crippen molar-refractivity contribution in [3.05, 3.63) is 67.8 Å². The first-order valence-electron chi connectivity index (χ1n) is 8.17. The van der Waals surface area contributed by atoms with Gasteiger partial charge in [0.05, 0.1) is 9.85 Å². The third kappa shape index (κ3) is 4.46. The summed E-state index contributed by atoms with van der Waals surface area (Å²) in [5.41, 5.74) is -2.08. The molecule has 14 heteroatoms. The van der Waals surface area contributed by atoms with Gasteiger partial charge in [0.25, 0.3) is 11.4 Å². The van der Waals surface area contributed by atoms with E-state index in [2.05, 4.69) is 0 Å². The van der Waals surface area contributed by atoms with Crippen molar-refractivity contribution in [3.63, 3.8) is 0 Å². The first kappa shape index (κ1) is 23.3. The van der Waals surface area contributed by atoms with Gasteiger partial charge in [0.15, 0.2) is 9.79 Å². The van der Waals surface area contributed by atoms with Gasteiger partial charge in [-0.3, -0.25) is 29.3 Å². The second-order valence-corrected chi connectivity index (χ2v) is 9.21. The van der Waals surface area contributed by atoms with E-state index < -0.39 is 63.1 Å². The number of rotatable bonds is 7.